The summed E-state index contributed by atoms with van der Waals surface area (Å²) in [6.45, 7) is 0. The Morgan fingerprint density at radius 3 is 3.05 bits per heavy atom. The fraction of sp³-hybridized carbons (Fsp3) is 0. The molecule has 0 radical (unpaired) electrons. The van der Waals surface area contributed by atoms with Gasteiger partial charge in [0.2, 0.25) is 0 Å². The standard InChI is InChI=1S/C10H8N6O3/c17-10(9-6-12-15-13-9)14-11-5-7-2-1-3-8(4-7)16(18)19/h1-6H,(H,14,17)(H,12,13,15). The summed E-state index contributed by atoms with van der Waals surface area (Å²) in [5.74, 6) is -0.532. The van der Waals surface area contributed by atoms with Gasteiger partial charge in [0.05, 0.1) is 17.3 Å². The Hall–Kier alpha value is -3.10. The molecule has 0 aliphatic carbocycles. The number of nitro groups is 1. The van der Waals surface area contributed by atoms with E-state index in [1.54, 1.807) is 6.07 Å². The quantitative estimate of drug-likeness (QED) is 0.469. The van der Waals surface area contributed by atoms with E-state index < -0.39 is 10.8 Å². The summed E-state index contributed by atoms with van der Waals surface area (Å²) >= 11 is 0. The first-order chi connectivity index (χ1) is 9.16. The van der Waals surface area contributed by atoms with Gasteiger partial charge < -0.3 is 0 Å². The number of non-ortho nitro benzene ring substituents is 1. The van der Waals surface area contributed by atoms with E-state index in [9.17, 15) is 14.9 Å². The van der Waals surface area contributed by atoms with Gasteiger partial charge in [0.15, 0.2) is 5.69 Å². The Morgan fingerprint density at radius 1 is 1.53 bits per heavy atom. The number of nitrogens with zero attached hydrogens (tertiary/aromatic N) is 4. The molecule has 0 fully saturated rings. The monoisotopic (exact) mass is 260 g/mol. The van der Waals surface area contributed by atoms with Gasteiger partial charge in [-0.1, -0.05) is 12.1 Å². The van der Waals surface area contributed by atoms with Gasteiger partial charge in [0.25, 0.3) is 11.6 Å². The molecular formula is C10H8N6O3. The highest BCUT2D eigenvalue weighted by Gasteiger charge is 2.07. The number of aromatic nitrogens is 3. The van der Waals surface area contributed by atoms with E-state index in [1.165, 1.54) is 30.6 Å². The molecule has 1 aromatic heterocycles. The molecule has 0 saturated heterocycles. The van der Waals surface area contributed by atoms with E-state index in [1.807, 2.05) is 0 Å². The van der Waals surface area contributed by atoms with Crippen LogP contribution in [-0.4, -0.2) is 32.5 Å². The Balaban J connectivity index is 2.01. The van der Waals surface area contributed by atoms with E-state index in [2.05, 4.69) is 25.9 Å². The molecule has 9 nitrogen and oxygen atoms in total. The number of carbonyl (C=O) groups is 1. The van der Waals surface area contributed by atoms with E-state index in [4.69, 9.17) is 0 Å². The van der Waals surface area contributed by atoms with Crippen LogP contribution in [0.5, 0.6) is 0 Å². The molecule has 1 aromatic carbocycles. The van der Waals surface area contributed by atoms with Crippen molar-refractivity contribution >= 4 is 17.8 Å². The van der Waals surface area contributed by atoms with Crippen molar-refractivity contribution in [3.8, 4) is 0 Å². The predicted octanol–water partition coefficient (Wildman–Crippen LogP) is 0.477. The van der Waals surface area contributed by atoms with Crippen LogP contribution in [0.4, 0.5) is 5.69 Å². The first kappa shape index (κ1) is 12.4. The molecule has 2 aromatic rings. The van der Waals surface area contributed by atoms with E-state index in [0.717, 1.165) is 0 Å². The van der Waals surface area contributed by atoms with Gasteiger partial charge >= 0.3 is 0 Å². The second-order valence-electron chi connectivity index (χ2n) is 3.41. The Labute approximate surface area is 106 Å². The van der Waals surface area contributed by atoms with Gasteiger partial charge in [-0.3, -0.25) is 14.9 Å². The molecule has 0 saturated carbocycles. The largest absolute Gasteiger partial charge is 0.293 e. The van der Waals surface area contributed by atoms with Gasteiger partial charge in [-0.2, -0.15) is 20.5 Å². The second kappa shape index (κ2) is 5.49. The third kappa shape index (κ3) is 3.19. The van der Waals surface area contributed by atoms with Crippen molar-refractivity contribution in [2.24, 2.45) is 5.10 Å². The Kier molecular flexibility index (Phi) is 3.57. The van der Waals surface area contributed by atoms with Gasteiger partial charge in [-0.25, -0.2) is 5.43 Å². The molecule has 0 atom stereocenters. The lowest BCUT2D eigenvalue weighted by atomic mass is 10.2. The number of hydrazone groups is 1. The molecule has 2 rings (SSSR count). The second-order valence-corrected chi connectivity index (χ2v) is 3.41. The van der Waals surface area contributed by atoms with Gasteiger partial charge in [-0.05, 0) is 0 Å². The first-order valence-electron chi connectivity index (χ1n) is 5.10. The maximum atomic E-state index is 11.4. The van der Waals surface area contributed by atoms with E-state index >= 15 is 0 Å². The summed E-state index contributed by atoms with van der Waals surface area (Å²) in [6.07, 6.45) is 2.54. The third-order valence-corrected chi connectivity index (χ3v) is 2.11. The zero-order chi connectivity index (χ0) is 13.7. The fourth-order valence-corrected chi connectivity index (χ4v) is 1.25. The molecular weight excluding hydrogens is 252 g/mol. The Morgan fingerprint density at radius 2 is 2.37 bits per heavy atom. The van der Waals surface area contributed by atoms with Crippen LogP contribution < -0.4 is 5.43 Å². The van der Waals surface area contributed by atoms with Crippen molar-refractivity contribution in [2.45, 2.75) is 0 Å². The van der Waals surface area contributed by atoms with Crippen LogP contribution in [-0.2, 0) is 0 Å². The lowest BCUT2D eigenvalue weighted by Crippen LogP contribution is -2.18. The van der Waals surface area contributed by atoms with Crippen LogP contribution in [0, 0.1) is 10.1 Å². The lowest BCUT2D eigenvalue weighted by Gasteiger charge is -1.95. The van der Waals surface area contributed by atoms with Crippen LogP contribution in [0.15, 0.2) is 35.6 Å². The normalized spacial score (nSPS) is 10.5. The van der Waals surface area contributed by atoms with Gasteiger partial charge in [0.1, 0.15) is 0 Å². The fourth-order valence-electron chi connectivity index (χ4n) is 1.25. The first-order valence-corrected chi connectivity index (χ1v) is 5.10. The van der Waals surface area contributed by atoms with Crippen molar-refractivity contribution < 1.29 is 9.72 Å². The minimum Gasteiger partial charge on any atom is -0.265 e. The highest BCUT2D eigenvalue weighted by Crippen LogP contribution is 2.11. The predicted molar refractivity (Wildman–Crippen MR) is 64.5 cm³/mol. The minimum atomic E-state index is -0.532. The highest BCUT2D eigenvalue weighted by molar-refractivity contribution is 5.92. The van der Waals surface area contributed by atoms with Crippen LogP contribution >= 0.6 is 0 Å². The summed E-state index contributed by atoms with van der Waals surface area (Å²) in [5, 5.41) is 23.6. The van der Waals surface area contributed by atoms with Crippen molar-refractivity contribution in [3.05, 3.63) is 51.8 Å². The topological polar surface area (TPSA) is 126 Å². The average Bonchev–Trinajstić information content (AvgIpc) is 2.93. The summed E-state index contributed by atoms with van der Waals surface area (Å²) in [6, 6.07) is 5.86. The highest BCUT2D eigenvalue weighted by atomic mass is 16.6. The number of rotatable bonds is 4. The summed E-state index contributed by atoms with van der Waals surface area (Å²) in [7, 11) is 0. The number of benzene rings is 1. The molecule has 1 amide bonds. The lowest BCUT2D eigenvalue weighted by molar-refractivity contribution is -0.384. The minimum absolute atomic E-state index is 0.0493. The molecule has 1 heterocycles. The van der Waals surface area contributed by atoms with E-state index in [0.29, 0.717) is 5.56 Å². The Bertz CT molecular complexity index is 622. The molecule has 0 aliphatic heterocycles. The zero-order valence-electron chi connectivity index (χ0n) is 9.48. The van der Waals surface area contributed by atoms with Crippen molar-refractivity contribution in [3.63, 3.8) is 0 Å². The smallest absolute Gasteiger partial charge is 0.265 e. The number of carbonyl (C=O) groups excluding carboxylic acids is 1. The third-order valence-electron chi connectivity index (χ3n) is 2.11. The van der Waals surface area contributed by atoms with Crippen LogP contribution in [0.3, 0.4) is 0 Å². The van der Waals surface area contributed by atoms with Crippen molar-refractivity contribution in [1.82, 2.24) is 20.8 Å². The number of nitrogens with one attached hydrogen (secondary N) is 2. The van der Waals surface area contributed by atoms with Gasteiger partial charge in [-0.15, -0.1) is 0 Å². The average molecular weight is 260 g/mol. The summed E-state index contributed by atoms with van der Waals surface area (Å²) in [5.41, 5.74) is 2.76. The number of aromatic amines is 1. The molecule has 0 aliphatic rings. The van der Waals surface area contributed by atoms with Crippen LogP contribution in [0.25, 0.3) is 0 Å². The van der Waals surface area contributed by atoms with E-state index in [-0.39, 0.29) is 11.4 Å². The van der Waals surface area contributed by atoms with Crippen LogP contribution in [0.2, 0.25) is 0 Å². The number of nitro benzene ring substituents is 1. The molecule has 96 valence electrons. The van der Waals surface area contributed by atoms with Crippen molar-refractivity contribution in [1.29, 1.82) is 0 Å². The number of hydrogen-bond acceptors (Lipinski definition) is 6. The van der Waals surface area contributed by atoms with Gasteiger partial charge in [0, 0.05) is 17.7 Å². The maximum absolute atomic E-state index is 11.4. The molecule has 2 N–H and O–H groups in total. The zero-order valence-corrected chi connectivity index (χ0v) is 9.48. The molecule has 9 heteroatoms. The molecule has 0 unspecified atom stereocenters. The summed E-state index contributed by atoms with van der Waals surface area (Å²) in [4.78, 5) is 21.5. The number of H-pyrrole nitrogens is 1. The number of hydrogen-bond donors (Lipinski definition) is 2. The molecule has 19 heavy (non-hydrogen) atoms. The number of amides is 1. The maximum Gasteiger partial charge on any atom is 0.293 e. The van der Waals surface area contributed by atoms with Crippen LogP contribution in [0.1, 0.15) is 16.1 Å². The molecule has 0 spiro atoms. The molecule has 0 bridgehead atoms. The summed E-state index contributed by atoms with van der Waals surface area (Å²) < 4.78 is 0. The SMILES string of the molecule is O=C(NN=Cc1cccc([N+](=O)[O-])c1)c1cn[nH]n1. The van der Waals surface area contributed by atoms with Crippen molar-refractivity contribution in [2.75, 3.05) is 0 Å².